The molecular formula is C51H73NO12S. The van der Waals surface area contributed by atoms with E-state index in [9.17, 15) is 39.3 Å². The molecule has 0 unspecified atom stereocenters. The van der Waals surface area contributed by atoms with Crippen molar-refractivity contribution in [2.24, 2.45) is 57.2 Å². The number of fused-ring (bicyclic) bond motifs is 14. The first-order chi connectivity index (χ1) is 29.2. The van der Waals surface area contributed by atoms with Gasteiger partial charge in [0.2, 0.25) is 5.12 Å². The predicted octanol–water partition coefficient (Wildman–Crippen LogP) is 7.83. The lowest BCUT2D eigenvalue weighted by atomic mass is 9.46. The van der Waals surface area contributed by atoms with Crippen molar-refractivity contribution in [1.29, 1.82) is 0 Å². The van der Waals surface area contributed by atoms with Crippen LogP contribution >= 0.6 is 11.8 Å². The standard InChI is InChI=1S/C26H35NO6S.C23H30O6.2CH4/c1-23(2)32-19-12-17-16-8-7-14-11-15(28)9-10-24(14,3)20(16)18(29)13-25(17,4)26(19,33-23)21(30)34-22(31)27(5)6;1-20(2)28-17-10-15-14-6-5-12-9-13(24)7-8-21(12,3)18(14)16(25)11-22(15,4)23(17,29-20)19(26)27;;/h9-11,16-20,29H,7-8,12-13H2,1-6H3;7-9,14-18,25H,5-6,10-11H2,1-4H3,(H,26,27);2*1H4/t16-,17-,18-,19+,20+,24-,25-,26-;14-,15-,16-,17+,18+,21-,22-,23-;;/m00../s1. The first kappa shape index (κ1) is 49.9. The largest absolute Gasteiger partial charge is 0.479 e. The normalized spacial score (nSPS) is 47.4. The number of ether oxygens (including phenoxy) is 4. The van der Waals surface area contributed by atoms with Crippen LogP contribution in [0, 0.1) is 57.2 Å². The van der Waals surface area contributed by atoms with E-state index < -0.39 is 64.0 Å². The number of carboxylic acids is 1. The number of carbonyl (C=O) groups is 5. The summed E-state index contributed by atoms with van der Waals surface area (Å²) >= 11 is 0.679. The summed E-state index contributed by atoms with van der Waals surface area (Å²) in [4.78, 5) is 64.4. The fourth-order valence-electron chi connectivity index (χ4n) is 15.8. The van der Waals surface area contributed by atoms with Crippen LogP contribution in [-0.2, 0) is 38.1 Å². The lowest BCUT2D eigenvalue weighted by Crippen LogP contribution is -2.63. The minimum absolute atomic E-state index is 0. The molecule has 6 saturated carbocycles. The van der Waals surface area contributed by atoms with Gasteiger partial charge in [0.05, 0.1) is 18.3 Å². The molecule has 0 aromatic rings. The monoisotopic (exact) mass is 923 g/mol. The summed E-state index contributed by atoms with van der Waals surface area (Å²) in [5.74, 6) is -2.51. The average Bonchev–Trinajstić information content (AvgIpc) is 3.79. The van der Waals surface area contributed by atoms with E-state index in [-0.39, 0.29) is 83.1 Å². The van der Waals surface area contributed by atoms with Crippen molar-refractivity contribution in [2.45, 2.75) is 169 Å². The lowest BCUT2D eigenvalue weighted by Gasteiger charge is -2.59. The van der Waals surface area contributed by atoms with Gasteiger partial charge in [0.15, 0.2) is 34.3 Å². The maximum Gasteiger partial charge on any atom is 0.339 e. The molecule has 0 aromatic heterocycles. The number of hydrogen-bond acceptors (Lipinski definition) is 12. The second kappa shape index (κ2) is 15.8. The van der Waals surface area contributed by atoms with Gasteiger partial charge in [-0.25, -0.2) is 4.79 Å². The minimum Gasteiger partial charge on any atom is -0.479 e. The molecule has 0 aromatic carbocycles. The van der Waals surface area contributed by atoms with Gasteiger partial charge >= 0.3 is 5.97 Å². The molecule has 65 heavy (non-hydrogen) atoms. The van der Waals surface area contributed by atoms with Crippen LogP contribution in [0.3, 0.4) is 0 Å². The van der Waals surface area contributed by atoms with Crippen LogP contribution < -0.4 is 0 Å². The summed E-state index contributed by atoms with van der Waals surface area (Å²) in [6, 6.07) is 0. The third-order valence-electron chi connectivity index (χ3n) is 18.1. The SMILES string of the molecule is C.C.CC1(C)O[C@@H]2C[C@H]3[C@@H]4CCC5=CC(=O)C=C[C@]5(C)[C@H]4[C@@H](O)C[C@]3(C)[C@]2(C(=O)O)O1.CN(C)C(=O)SC(=O)[C@@]12OC(C)(C)O[C@@H]1C[C@H]1[C@@H]3CCC4=CC(=O)C=C[C@]4(C)[C@H]3[C@@H](O)C[C@@]12C. The number of carboxylic acid groups (broad SMARTS) is 1. The first-order valence-corrected chi connectivity index (χ1v) is 23.7. The molecule has 13 nitrogen and oxygen atoms in total. The van der Waals surface area contributed by atoms with Crippen LogP contribution in [-0.4, -0.2) is 109 Å². The molecule has 360 valence electrons. The number of ketones is 2. The van der Waals surface area contributed by atoms with Crippen molar-refractivity contribution < 1.29 is 58.2 Å². The third-order valence-corrected chi connectivity index (χ3v) is 19.2. The summed E-state index contributed by atoms with van der Waals surface area (Å²) in [6.45, 7) is 15.4. The summed E-state index contributed by atoms with van der Waals surface area (Å²) in [7, 11) is 3.25. The Morgan fingerprint density at radius 2 is 1.08 bits per heavy atom. The van der Waals surface area contributed by atoms with Gasteiger partial charge in [-0.05, 0) is 127 Å². The van der Waals surface area contributed by atoms with Crippen LogP contribution in [0.25, 0.3) is 0 Å². The Morgan fingerprint density at radius 3 is 1.49 bits per heavy atom. The highest BCUT2D eigenvalue weighted by Crippen LogP contribution is 2.72. The number of amides is 1. The van der Waals surface area contributed by atoms with Crippen molar-refractivity contribution in [3.63, 3.8) is 0 Å². The quantitative estimate of drug-likeness (QED) is 0.244. The molecule has 0 bridgehead atoms. The number of aliphatic hydroxyl groups is 2. The van der Waals surface area contributed by atoms with Crippen LogP contribution in [0.2, 0.25) is 0 Å². The lowest BCUT2D eigenvalue weighted by molar-refractivity contribution is -0.232. The maximum absolute atomic E-state index is 13.9. The van der Waals surface area contributed by atoms with Crippen LogP contribution in [0.5, 0.6) is 0 Å². The van der Waals surface area contributed by atoms with Crippen molar-refractivity contribution in [3.05, 3.63) is 47.6 Å². The zero-order chi connectivity index (χ0) is 45.8. The number of aliphatic hydroxyl groups excluding tert-OH is 2. The van der Waals surface area contributed by atoms with Gasteiger partial charge in [-0.1, -0.05) is 65.8 Å². The molecule has 16 atom stereocenters. The van der Waals surface area contributed by atoms with Crippen molar-refractivity contribution in [3.8, 4) is 0 Å². The maximum atomic E-state index is 13.9. The Labute approximate surface area is 389 Å². The molecule has 14 heteroatoms. The molecule has 2 heterocycles. The van der Waals surface area contributed by atoms with Gasteiger partial charge in [0.1, 0.15) is 6.10 Å². The first-order valence-electron chi connectivity index (χ1n) is 22.9. The van der Waals surface area contributed by atoms with Crippen LogP contribution in [0.4, 0.5) is 4.79 Å². The molecule has 2 aliphatic heterocycles. The zero-order valence-electron chi connectivity index (χ0n) is 38.3. The molecule has 8 fully saturated rings. The minimum atomic E-state index is -1.44. The average molecular weight is 924 g/mol. The fourth-order valence-corrected chi connectivity index (χ4v) is 16.7. The number of rotatable bonds is 2. The van der Waals surface area contributed by atoms with E-state index >= 15 is 0 Å². The Morgan fingerprint density at radius 1 is 0.677 bits per heavy atom. The molecule has 8 aliphatic carbocycles. The summed E-state index contributed by atoms with van der Waals surface area (Å²) in [5.41, 5.74) is -2.72. The Balaban J connectivity index is 0.000000190. The molecular weight excluding hydrogens is 851 g/mol. The zero-order valence-corrected chi connectivity index (χ0v) is 39.1. The van der Waals surface area contributed by atoms with E-state index in [1.807, 2.05) is 39.8 Å². The van der Waals surface area contributed by atoms with E-state index in [2.05, 4.69) is 13.8 Å². The van der Waals surface area contributed by atoms with Gasteiger partial charge < -0.3 is 39.2 Å². The molecule has 10 rings (SSSR count). The number of carbonyl (C=O) groups excluding carboxylic acids is 4. The van der Waals surface area contributed by atoms with Crippen molar-refractivity contribution >= 4 is 39.7 Å². The van der Waals surface area contributed by atoms with Crippen LogP contribution in [0.1, 0.15) is 122 Å². The number of allylic oxidation sites excluding steroid dienone is 8. The second-order valence-corrected chi connectivity index (χ2v) is 23.4. The summed E-state index contributed by atoms with van der Waals surface area (Å²) in [5, 5.41) is 32.7. The summed E-state index contributed by atoms with van der Waals surface area (Å²) < 4.78 is 25.1. The van der Waals surface area contributed by atoms with Gasteiger partial charge in [-0.3, -0.25) is 19.2 Å². The molecule has 3 N–H and O–H groups in total. The van der Waals surface area contributed by atoms with E-state index in [0.29, 0.717) is 37.4 Å². The van der Waals surface area contributed by atoms with Crippen molar-refractivity contribution in [2.75, 3.05) is 14.1 Å². The van der Waals surface area contributed by atoms with Crippen LogP contribution in [0.15, 0.2) is 47.6 Å². The molecule has 1 amide bonds. The van der Waals surface area contributed by atoms with E-state index in [1.165, 1.54) is 4.90 Å². The summed E-state index contributed by atoms with van der Waals surface area (Å²) in [6.07, 6.45) is 13.6. The Kier molecular flexibility index (Phi) is 12.1. The highest BCUT2D eigenvalue weighted by atomic mass is 32.2. The van der Waals surface area contributed by atoms with Gasteiger partial charge in [0, 0.05) is 59.4 Å². The van der Waals surface area contributed by atoms with Crippen molar-refractivity contribution in [1.82, 2.24) is 4.90 Å². The topological polar surface area (TPSA) is 186 Å². The highest BCUT2D eigenvalue weighted by Gasteiger charge is 2.79. The van der Waals surface area contributed by atoms with E-state index in [4.69, 9.17) is 18.9 Å². The number of hydrogen-bond donors (Lipinski definition) is 3. The molecule has 0 radical (unpaired) electrons. The third kappa shape index (κ3) is 6.78. The van der Waals surface area contributed by atoms with Gasteiger partial charge in [-0.15, -0.1) is 0 Å². The van der Waals surface area contributed by atoms with Gasteiger partial charge in [-0.2, -0.15) is 0 Å². The number of nitrogens with zero attached hydrogens (tertiary/aromatic N) is 1. The fraction of sp³-hybridized carbons (Fsp3) is 0.745. The number of aliphatic carboxylic acids is 1. The molecule has 0 spiro atoms. The molecule has 2 saturated heterocycles. The smallest absolute Gasteiger partial charge is 0.339 e. The molecule has 10 aliphatic rings. The highest BCUT2D eigenvalue weighted by molar-refractivity contribution is 8.26. The van der Waals surface area contributed by atoms with E-state index in [1.54, 1.807) is 52.2 Å². The van der Waals surface area contributed by atoms with E-state index in [0.717, 1.165) is 36.8 Å². The van der Waals surface area contributed by atoms with Gasteiger partial charge in [0.25, 0.3) is 5.24 Å². The predicted molar refractivity (Wildman–Crippen MR) is 245 cm³/mol. The Bertz CT molecular complexity index is 2180. The number of thioether (sulfide) groups is 1. The Hall–Kier alpha value is -2.98. The second-order valence-electron chi connectivity index (χ2n) is 22.4.